The molecule has 0 saturated carbocycles. The number of alkyl halides is 2. The maximum absolute atomic E-state index is 13.3. The van der Waals surface area contributed by atoms with E-state index >= 15 is 0 Å². The SMILES string of the molecule is Cc1nn(-c2ccc(F)cc2)cc1C(=O)Nc1ccc(CN2CCC[C@H]([C@@]3(C)COCO3)C2)c(OC(F)F)c1. The molecule has 39 heavy (non-hydrogen) atoms. The van der Waals surface area contributed by atoms with Gasteiger partial charge in [-0.3, -0.25) is 9.69 Å². The number of piperidine rings is 1. The fourth-order valence-corrected chi connectivity index (χ4v) is 5.21. The van der Waals surface area contributed by atoms with Crippen molar-refractivity contribution in [1.82, 2.24) is 14.7 Å². The molecule has 11 heteroatoms. The molecule has 208 valence electrons. The van der Waals surface area contributed by atoms with E-state index in [2.05, 4.69) is 22.2 Å². The van der Waals surface area contributed by atoms with Gasteiger partial charge in [0.05, 0.1) is 29.2 Å². The number of carbonyl (C=O) groups is 1. The van der Waals surface area contributed by atoms with Crippen LogP contribution >= 0.6 is 0 Å². The quantitative estimate of drug-likeness (QED) is 0.423. The summed E-state index contributed by atoms with van der Waals surface area (Å²) in [6, 6.07) is 10.5. The zero-order valence-corrected chi connectivity index (χ0v) is 21.8. The molecule has 0 unspecified atom stereocenters. The first-order valence-electron chi connectivity index (χ1n) is 12.9. The first-order valence-corrected chi connectivity index (χ1v) is 12.9. The van der Waals surface area contributed by atoms with Crippen molar-refractivity contribution in [2.24, 2.45) is 5.92 Å². The molecule has 2 fully saturated rings. The normalized spacial score (nSPS) is 21.8. The topological polar surface area (TPSA) is 77.9 Å². The Morgan fingerprint density at radius 3 is 2.77 bits per heavy atom. The van der Waals surface area contributed by atoms with Crippen LogP contribution in [0.2, 0.25) is 0 Å². The number of nitrogens with zero attached hydrogens (tertiary/aromatic N) is 3. The van der Waals surface area contributed by atoms with Crippen molar-refractivity contribution in [1.29, 1.82) is 0 Å². The lowest BCUT2D eigenvalue weighted by molar-refractivity contribution is -0.0560. The van der Waals surface area contributed by atoms with Crippen LogP contribution in [0.1, 0.15) is 41.4 Å². The number of amides is 1. The molecule has 1 aromatic heterocycles. The molecule has 3 heterocycles. The van der Waals surface area contributed by atoms with E-state index in [4.69, 9.17) is 14.2 Å². The van der Waals surface area contributed by atoms with Gasteiger partial charge in [-0.1, -0.05) is 6.07 Å². The molecule has 2 aliphatic rings. The summed E-state index contributed by atoms with van der Waals surface area (Å²) in [5.41, 5.74) is 1.92. The zero-order valence-electron chi connectivity index (χ0n) is 21.8. The highest BCUT2D eigenvalue weighted by Crippen LogP contribution is 2.35. The molecule has 0 bridgehead atoms. The van der Waals surface area contributed by atoms with Crippen LogP contribution in [-0.4, -0.2) is 59.3 Å². The third kappa shape index (κ3) is 6.26. The second kappa shape index (κ2) is 11.4. The van der Waals surface area contributed by atoms with E-state index in [1.165, 1.54) is 29.1 Å². The maximum Gasteiger partial charge on any atom is 0.387 e. The minimum absolute atomic E-state index is 0.00955. The highest BCUT2D eigenvalue weighted by atomic mass is 19.3. The van der Waals surface area contributed by atoms with Gasteiger partial charge in [-0.15, -0.1) is 0 Å². The molecule has 2 atom stereocenters. The summed E-state index contributed by atoms with van der Waals surface area (Å²) < 4.78 is 57.5. The predicted octanol–water partition coefficient (Wildman–Crippen LogP) is 5.15. The first kappa shape index (κ1) is 27.2. The van der Waals surface area contributed by atoms with E-state index in [0.29, 0.717) is 48.1 Å². The molecule has 5 rings (SSSR count). The Bertz CT molecular complexity index is 1310. The summed E-state index contributed by atoms with van der Waals surface area (Å²) in [5.74, 6) is -0.554. The van der Waals surface area contributed by atoms with E-state index in [9.17, 15) is 18.0 Å². The van der Waals surface area contributed by atoms with E-state index in [-0.39, 0.29) is 23.1 Å². The van der Waals surface area contributed by atoms with Gasteiger partial charge in [0.2, 0.25) is 0 Å². The lowest BCUT2D eigenvalue weighted by Crippen LogP contribution is -2.47. The smallest absolute Gasteiger partial charge is 0.387 e. The molecule has 0 radical (unpaired) electrons. The van der Waals surface area contributed by atoms with Crippen LogP contribution in [0, 0.1) is 18.7 Å². The Hall–Kier alpha value is -3.41. The summed E-state index contributed by atoms with van der Waals surface area (Å²) in [7, 11) is 0. The Labute approximate surface area is 224 Å². The second-order valence-corrected chi connectivity index (χ2v) is 10.2. The molecule has 2 aliphatic heterocycles. The van der Waals surface area contributed by atoms with Gasteiger partial charge in [-0.05, 0) is 63.6 Å². The molecule has 0 spiro atoms. The van der Waals surface area contributed by atoms with Gasteiger partial charge in [0, 0.05) is 42.5 Å². The number of halogens is 3. The molecule has 8 nitrogen and oxygen atoms in total. The third-order valence-corrected chi connectivity index (χ3v) is 7.40. The van der Waals surface area contributed by atoms with Gasteiger partial charge in [0.1, 0.15) is 18.4 Å². The molecule has 1 N–H and O–H groups in total. The zero-order chi connectivity index (χ0) is 27.6. The molecular weight excluding hydrogens is 513 g/mol. The molecule has 2 aromatic carbocycles. The molecule has 2 saturated heterocycles. The molecule has 3 aromatic rings. The van der Waals surface area contributed by atoms with Crippen molar-refractivity contribution < 1.29 is 32.2 Å². The van der Waals surface area contributed by atoms with Gasteiger partial charge in [0.25, 0.3) is 5.91 Å². The van der Waals surface area contributed by atoms with Crippen LogP contribution in [0.15, 0.2) is 48.7 Å². The number of aromatic nitrogens is 2. The van der Waals surface area contributed by atoms with Gasteiger partial charge in [-0.25, -0.2) is 9.07 Å². The number of anilines is 1. The number of aryl methyl sites for hydroxylation is 1. The number of nitrogens with one attached hydrogen (secondary N) is 1. The number of likely N-dealkylation sites (tertiary alicyclic amines) is 1. The Kier molecular flexibility index (Phi) is 7.92. The van der Waals surface area contributed by atoms with Crippen molar-refractivity contribution in [3.8, 4) is 11.4 Å². The molecular formula is C28H31F3N4O4. The highest BCUT2D eigenvalue weighted by molar-refractivity contribution is 6.05. The lowest BCUT2D eigenvalue weighted by atomic mass is 9.83. The largest absolute Gasteiger partial charge is 0.434 e. The van der Waals surface area contributed by atoms with E-state index < -0.39 is 12.5 Å². The van der Waals surface area contributed by atoms with Crippen molar-refractivity contribution in [3.63, 3.8) is 0 Å². The third-order valence-electron chi connectivity index (χ3n) is 7.40. The summed E-state index contributed by atoms with van der Waals surface area (Å²) in [4.78, 5) is 15.2. The van der Waals surface area contributed by atoms with Crippen molar-refractivity contribution >= 4 is 11.6 Å². The second-order valence-electron chi connectivity index (χ2n) is 10.2. The van der Waals surface area contributed by atoms with Gasteiger partial charge in [-0.2, -0.15) is 13.9 Å². The number of benzene rings is 2. The number of rotatable bonds is 8. The standard InChI is InChI=1S/C28H31F3N4O4/c1-18-24(15-35(33-18)23-9-6-21(29)7-10-23)26(36)32-22-8-5-19(25(12-22)39-27(30)31)13-34-11-3-4-20(14-34)28(2)16-37-17-38-28/h5-10,12,15,20,27H,3-4,11,13-14,16-17H2,1-2H3,(H,32,36)/t20-,28+/m0/s1. The van der Waals surface area contributed by atoms with Gasteiger partial charge >= 0.3 is 6.61 Å². The number of carbonyl (C=O) groups excluding carboxylic acids is 1. The number of ether oxygens (including phenoxy) is 3. The van der Waals surface area contributed by atoms with Crippen LogP contribution < -0.4 is 10.1 Å². The van der Waals surface area contributed by atoms with Crippen LogP contribution in [0.25, 0.3) is 5.69 Å². The predicted molar refractivity (Wildman–Crippen MR) is 138 cm³/mol. The van der Waals surface area contributed by atoms with Crippen molar-refractivity contribution in [2.75, 3.05) is 31.8 Å². The number of hydrogen-bond acceptors (Lipinski definition) is 6. The molecule has 1 amide bonds. The van der Waals surface area contributed by atoms with Crippen LogP contribution in [0.4, 0.5) is 18.9 Å². The minimum Gasteiger partial charge on any atom is -0.434 e. The average molecular weight is 545 g/mol. The summed E-state index contributed by atoms with van der Waals surface area (Å²) >= 11 is 0. The van der Waals surface area contributed by atoms with Crippen LogP contribution in [0.5, 0.6) is 5.75 Å². The van der Waals surface area contributed by atoms with Crippen LogP contribution in [-0.2, 0) is 16.0 Å². The summed E-state index contributed by atoms with van der Waals surface area (Å²) in [5, 5.41) is 7.08. The van der Waals surface area contributed by atoms with Gasteiger partial charge < -0.3 is 19.5 Å². The van der Waals surface area contributed by atoms with Crippen molar-refractivity contribution in [3.05, 3.63) is 71.3 Å². The summed E-state index contributed by atoms with van der Waals surface area (Å²) in [6.07, 6.45) is 3.52. The Morgan fingerprint density at radius 1 is 1.26 bits per heavy atom. The first-order chi connectivity index (χ1) is 18.7. The van der Waals surface area contributed by atoms with Crippen LogP contribution in [0.3, 0.4) is 0 Å². The highest BCUT2D eigenvalue weighted by Gasteiger charge is 2.41. The summed E-state index contributed by atoms with van der Waals surface area (Å²) in [6.45, 7) is 3.57. The minimum atomic E-state index is -3.01. The Balaban J connectivity index is 1.30. The number of hydrogen-bond donors (Lipinski definition) is 1. The lowest BCUT2D eigenvalue weighted by Gasteiger charge is -2.40. The van der Waals surface area contributed by atoms with E-state index in [1.807, 2.05) is 0 Å². The fourth-order valence-electron chi connectivity index (χ4n) is 5.21. The molecule has 0 aliphatic carbocycles. The Morgan fingerprint density at radius 2 is 2.05 bits per heavy atom. The maximum atomic E-state index is 13.3. The van der Waals surface area contributed by atoms with E-state index in [1.54, 1.807) is 31.2 Å². The average Bonchev–Trinajstić information content (AvgIpc) is 3.52. The van der Waals surface area contributed by atoms with E-state index in [0.717, 1.165) is 25.9 Å². The fraction of sp³-hybridized carbons (Fsp3) is 0.429. The van der Waals surface area contributed by atoms with Crippen molar-refractivity contribution in [2.45, 2.75) is 45.4 Å². The van der Waals surface area contributed by atoms with Gasteiger partial charge in [0.15, 0.2) is 0 Å². The monoisotopic (exact) mass is 544 g/mol.